The van der Waals surface area contributed by atoms with Gasteiger partial charge in [-0.25, -0.2) is 0 Å². The first-order chi connectivity index (χ1) is 5.73. The molecule has 1 saturated heterocycles. The van der Waals surface area contributed by atoms with E-state index in [9.17, 15) is 5.11 Å². The number of hydrogen-bond acceptors (Lipinski definition) is 3. The van der Waals surface area contributed by atoms with Crippen LogP contribution in [0.15, 0.2) is 0 Å². The standard InChI is InChI=1S/C9H14N2O/c10-7-9(12)3-5-11(6-4-9)8-1-2-8/h8,12H,1-6H2. The Balaban J connectivity index is 1.88. The van der Waals surface area contributed by atoms with Gasteiger partial charge in [0.2, 0.25) is 0 Å². The summed E-state index contributed by atoms with van der Waals surface area (Å²) >= 11 is 0. The lowest BCUT2D eigenvalue weighted by molar-refractivity contribution is 0.0230. The van der Waals surface area contributed by atoms with E-state index in [2.05, 4.69) is 4.90 Å². The first-order valence-corrected chi connectivity index (χ1v) is 4.61. The summed E-state index contributed by atoms with van der Waals surface area (Å²) < 4.78 is 0. The van der Waals surface area contributed by atoms with Crippen LogP contribution in [0.4, 0.5) is 0 Å². The fraction of sp³-hybridized carbons (Fsp3) is 0.889. The maximum Gasteiger partial charge on any atom is 0.153 e. The van der Waals surface area contributed by atoms with Gasteiger partial charge in [-0.15, -0.1) is 0 Å². The summed E-state index contributed by atoms with van der Waals surface area (Å²) in [6.45, 7) is 1.80. The van der Waals surface area contributed by atoms with Gasteiger partial charge >= 0.3 is 0 Å². The molecular formula is C9H14N2O. The number of likely N-dealkylation sites (tertiary alicyclic amines) is 1. The van der Waals surface area contributed by atoms with Gasteiger partial charge in [0.25, 0.3) is 0 Å². The molecule has 0 atom stereocenters. The van der Waals surface area contributed by atoms with Gasteiger partial charge in [0.05, 0.1) is 6.07 Å². The van der Waals surface area contributed by atoms with E-state index in [0.717, 1.165) is 19.1 Å². The van der Waals surface area contributed by atoms with E-state index in [-0.39, 0.29) is 0 Å². The van der Waals surface area contributed by atoms with Crippen LogP contribution in [0.2, 0.25) is 0 Å². The third kappa shape index (κ3) is 1.45. The van der Waals surface area contributed by atoms with Gasteiger partial charge in [-0.1, -0.05) is 0 Å². The molecule has 12 heavy (non-hydrogen) atoms. The summed E-state index contributed by atoms with van der Waals surface area (Å²) in [6, 6.07) is 2.76. The Morgan fingerprint density at radius 3 is 2.33 bits per heavy atom. The molecule has 1 aliphatic heterocycles. The Morgan fingerprint density at radius 1 is 1.33 bits per heavy atom. The van der Waals surface area contributed by atoms with Crippen molar-refractivity contribution in [3.8, 4) is 6.07 Å². The van der Waals surface area contributed by atoms with E-state index in [4.69, 9.17) is 5.26 Å². The Bertz CT molecular complexity index is 209. The van der Waals surface area contributed by atoms with E-state index >= 15 is 0 Å². The van der Waals surface area contributed by atoms with Crippen molar-refractivity contribution < 1.29 is 5.11 Å². The van der Waals surface area contributed by atoms with E-state index in [0.29, 0.717) is 12.8 Å². The van der Waals surface area contributed by atoms with Gasteiger partial charge in [-0.3, -0.25) is 0 Å². The summed E-state index contributed by atoms with van der Waals surface area (Å²) in [5.74, 6) is 0. The molecule has 1 aliphatic carbocycles. The van der Waals surface area contributed by atoms with E-state index in [1.54, 1.807) is 0 Å². The molecule has 0 aromatic rings. The molecule has 1 heterocycles. The maximum absolute atomic E-state index is 9.61. The normalized spacial score (nSPS) is 29.7. The molecule has 3 heteroatoms. The zero-order valence-corrected chi connectivity index (χ0v) is 7.16. The smallest absolute Gasteiger partial charge is 0.153 e. The van der Waals surface area contributed by atoms with Gasteiger partial charge in [-0.2, -0.15) is 5.26 Å². The molecule has 0 radical (unpaired) electrons. The quantitative estimate of drug-likeness (QED) is 0.577. The molecule has 0 bridgehead atoms. The Hall–Kier alpha value is -0.590. The van der Waals surface area contributed by atoms with Crippen molar-refractivity contribution in [2.45, 2.75) is 37.3 Å². The molecule has 0 amide bonds. The molecule has 0 aromatic carbocycles. The predicted octanol–water partition coefficient (Wildman–Crippen LogP) is 0.499. The average Bonchev–Trinajstić information content (AvgIpc) is 2.89. The highest BCUT2D eigenvalue weighted by molar-refractivity contribution is 5.04. The van der Waals surface area contributed by atoms with E-state index in [1.165, 1.54) is 12.8 Å². The third-order valence-electron chi connectivity index (χ3n) is 2.90. The van der Waals surface area contributed by atoms with E-state index in [1.807, 2.05) is 6.07 Å². The largest absolute Gasteiger partial charge is 0.375 e. The summed E-state index contributed by atoms with van der Waals surface area (Å²) in [5, 5.41) is 18.3. The fourth-order valence-corrected chi connectivity index (χ4v) is 1.81. The van der Waals surface area contributed by atoms with Gasteiger partial charge in [0, 0.05) is 32.0 Å². The summed E-state index contributed by atoms with van der Waals surface area (Å²) in [5.41, 5.74) is -1.02. The van der Waals surface area contributed by atoms with Crippen molar-refractivity contribution in [1.29, 1.82) is 5.26 Å². The van der Waals surface area contributed by atoms with Crippen LogP contribution in [0.1, 0.15) is 25.7 Å². The second kappa shape index (κ2) is 2.72. The molecule has 2 rings (SSSR count). The van der Waals surface area contributed by atoms with Crippen LogP contribution < -0.4 is 0 Å². The monoisotopic (exact) mass is 166 g/mol. The lowest BCUT2D eigenvalue weighted by Crippen LogP contribution is -2.44. The molecule has 0 spiro atoms. The second-order valence-corrected chi connectivity index (χ2v) is 3.91. The van der Waals surface area contributed by atoms with Crippen molar-refractivity contribution >= 4 is 0 Å². The number of rotatable bonds is 1. The maximum atomic E-state index is 9.61. The van der Waals surface area contributed by atoms with Crippen molar-refractivity contribution in [2.75, 3.05) is 13.1 Å². The molecule has 2 aliphatic rings. The predicted molar refractivity (Wildman–Crippen MR) is 44.4 cm³/mol. The molecule has 0 unspecified atom stereocenters. The fourth-order valence-electron chi connectivity index (χ4n) is 1.81. The molecule has 3 nitrogen and oxygen atoms in total. The van der Waals surface area contributed by atoms with Gasteiger partial charge < -0.3 is 10.0 Å². The highest BCUT2D eigenvalue weighted by Gasteiger charge is 2.37. The minimum atomic E-state index is -1.02. The molecule has 1 N–H and O–H groups in total. The van der Waals surface area contributed by atoms with Crippen LogP contribution in [-0.2, 0) is 0 Å². The summed E-state index contributed by atoms with van der Waals surface area (Å²) in [7, 11) is 0. The number of hydrogen-bond donors (Lipinski definition) is 1. The summed E-state index contributed by atoms with van der Waals surface area (Å²) in [6.07, 6.45) is 3.87. The first-order valence-electron chi connectivity index (χ1n) is 4.61. The SMILES string of the molecule is N#CC1(O)CCN(C2CC2)CC1. The topological polar surface area (TPSA) is 47.3 Å². The molecule has 1 saturated carbocycles. The Labute approximate surface area is 72.6 Å². The molecule has 0 aromatic heterocycles. The number of nitriles is 1. The van der Waals surface area contributed by atoms with Gasteiger partial charge in [-0.05, 0) is 12.8 Å². The summed E-state index contributed by atoms with van der Waals surface area (Å²) in [4.78, 5) is 2.39. The lowest BCUT2D eigenvalue weighted by atomic mass is 9.93. The minimum Gasteiger partial charge on any atom is -0.375 e. The van der Waals surface area contributed by atoms with Crippen molar-refractivity contribution in [3.05, 3.63) is 0 Å². The molecular weight excluding hydrogens is 152 g/mol. The third-order valence-corrected chi connectivity index (χ3v) is 2.90. The highest BCUT2D eigenvalue weighted by atomic mass is 16.3. The van der Waals surface area contributed by atoms with Crippen LogP contribution in [0, 0.1) is 11.3 Å². The average molecular weight is 166 g/mol. The van der Waals surface area contributed by atoms with Crippen LogP contribution in [-0.4, -0.2) is 34.7 Å². The molecule has 2 fully saturated rings. The van der Waals surface area contributed by atoms with Crippen LogP contribution in [0.25, 0.3) is 0 Å². The Morgan fingerprint density at radius 2 is 1.92 bits per heavy atom. The van der Waals surface area contributed by atoms with Gasteiger partial charge in [0.1, 0.15) is 0 Å². The lowest BCUT2D eigenvalue weighted by Gasteiger charge is -2.33. The first kappa shape index (κ1) is 8.03. The van der Waals surface area contributed by atoms with Crippen molar-refractivity contribution in [2.24, 2.45) is 0 Å². The van der Waals surface area contributed by atoms with Crippen LogP contribution in [0.3, 0.4) is 0 Å². The van der Waals surface area contributed by atoms with E-state index < -0.39 is 5.60 Å². The number of piperidine rings is 1. The van der Waals surface area contributed by atoms with Crippen LogP contribution in [0.5, 0.6) is 0 Å². The highest BCUT2D eigenvalue weighted by Crippen LogP contribution is 2.31. The zero-order valence-electron chi connectivity index (χ0n) is 7.16. The number of aliphatic hydroxyl groups is 1. The minimum absolute atomic E-state index is 0.625. The van der Waals surface area contributed by atoms with Crippen molar-refractivity contribution in [1.82, 2.24) is 4.90 Å². The number of nitrogens with zero attached hydrogens (tertiary/aromatic N) is 2. The Kier molecular flexibility index (Phi) is 1.82. The zero-order chi connectivity index (χ0) is 8.60. The molecule has 66 valence electrons. The van der Waals surface area contributed by atoms with Crippen molar-refractivity contribution in [3.63, 3.8) is 0 Å². The van der Waals surface area contributed by atoms with Gasteiger partial charge in [0.15, 0.2) is 5.60 Å². The van der Waals surface area contributed by atoms with Crippen LogP contribution >= 0.6 is 0 Å². The second-order valence-electron chi connectivity index (χ2n) is 3.91.